The van der Waals surface area contributed by atoms with E-state index in [-0.39, 0.29) is 16.4 Å². The zero-order chi connectivity index (χ0) is 15.9. The first-order chi connectivity index (χ1) is 10.5. The second kappa shape index (κ2) is 5.90. The SMILES string of the molecule is O=[N+]([O-])c1cc(N=c2sc(=S)n3n2CCCC3)c(F)cc1Cl. The largest absolute Gasteiger partial charge is 0.290 e. The smallest absolute Gasteiger partial charge is 0.264 e. The third kappa shape index (κ3) is 2.71. The van der Waals surface area contributed by atoms with E-state index in [2.05, 4.69) is 4.99 Å². The summed E-state index contributed by atoms with van der Waals surface area (Å²) in [6, 6.07) is 1.95. The molecule has 3 rings (SSSR count). The van der Waals surface area contributed by atoms with Gasteiger partial charge in [0.25, 0.3) is 5.69 Å². The van der Waals surface area contributed by atoms with Gasteiger partial charge in [-0.25, -0.2) is 9.38 Å². The standard InChI is InChI=1S/C12H10ClFN4O2S2/c13-7-5-8(14)9(6-10(7)18(19)20)15-11-16-3-1-2-4-17(16)12(21)22-11/h5-6H,1-4H2. The molecule has 0 aliphatic carbocycles. The number of hydrogen-bond donors (Lipinski definition) is 0. The first-order valence-corrected chi connectivity index (χ1v) is 8.06. The summed E-state index contributed by atoms with van der Waals surface area (Å²) in [6.07, 6.45) is 2.02. The number of nitrogens with zero attached hydrogens (tertiary/aromatic N) is 4. The lowest BCUT2D eigenvalue weighted by Gasteiger charge is -2.16. The second-order valence-corrected chi connectivity index (χ2v) is 6.74. The van der Waals surface area contributed by atoms with Gasteiger partial charge in [-0.05, 0) is 25.1 Å². The Morgan fingerprint density at radius 3 is 2.73 bits per heavy atom. The van der Waals surface area contributed by atoms with Gasteiger partial charge in [-0.15, -0.1) is 0 Å². The van der Waals surface area contributed by atoms with Crippen LogP contribution in [0.3, 0.4) is 0 Å². The third-order valence-electron chi connectivity index (χ3n) is 3.32. The molecule has 0 saturated heterocycles. The summed E-state index contributed by atoms with van der Waals surface area (Å²) in [6.45, 7) is 1.54. The summed E-state index contributed by atoms with van der Waals surface area (Å²) in [5.74, 6) is -0.704. The van der Waals surface area contributed by atoms with Crippen molar-refractivity contribution in [3.05, 3.63) is 41.8 Å². The van der Waals surface area contributed by atoms with E-state index in [0.29, 0.717) is 8.76 Å². The van der Waals surface area contributed by atoms with E-state index < -0.39 is 10.7 Å². The van der Waals surface area contributed by atoms with Crippen LogP contribution >= 0.6 is 35.2 Å². The van der Waals surface area contributed by atoms with Crippen molar-refractivity contribution in [1.29, 1.82) is 0 Å². The molecule has 1 aliphatic heterocycles. The highest BCUT2D eigenvalue weighted by atomic mass is 35.5. The highest BCUT2D eigenvalue weighted by Crippen LogP contribution is 2.31. The molecule has 0 bridgehead atoms. The number of hydrogen-bond acceptors (Lipinski definition) is 5. The predicted molar refractivity (Wildman–Crippen MR) is 83.7 cm³/mol. The zero-order valence-electron chi connectivity index (χ0n) is 11.2. The van der Waals surface area contributed by atoms with Crippen molar-refractivity contribution < 1.29 is 9.31 Å². The summed E-state index contributed by atoms with van der Waals surface area (Å²) in [5.41, 5.74) is -0.489. The van der Waals surface area contributed by atoms with Gasteiger partial charge in [0, 0.05) is 25.2 Å². The molecule has 6 nitrogen and oxygen atoms in total. The van der Waals surface area contributed by atoms with Gasteiger partial charge in [0.1, 0.15) is 10.7 Å². The molecule has 2 heterocycles. The van der Waals surface area contributed by atoms with Gasteiger partial charge in [-0.2, -0.15) is 0 Å². The van der Waals surface area contributed by atoms with Gasteiger partial charge in [-0.3, -0.25) is 19.5 Å². The maximum atomic E-state index is 14.0. The van der Waals surface area contributed by atoms with Crippen molar-refractivity contribution in [2.45, 2.75) is 25.9 Å². The fourth-order valence-corrected chi connectivity index (χ4v) is 3.80. The van der Waals surface area contributed by atoms with Crippen LogP contribution in [-0.2, 0) is 13.1 Å². The Morgan fingerprint density at radius 2 is 2.05 bits per heavy atom. The molecule has 0 spiro atoms. The molecule has 0 N–H and O–H groups in total. The lowest BCUT2D eigenvalue weighted by molar-refractivity contribution is -0.384. The Labute approximate surface area is 138 Å². The molecule has 10 heteroatoms. The molecular weight excluding hydrogens is 351 g/mol. The van der Waals surface area contributed by atoms with Crippen molar-refractivity contribution >= 4 is 46.5 Å². The van der Waals surface area contributed by atoms with Crippen molar-refractivity contribution in [1.82, 2.24) is 9.36 Å². The minimum atomic E-state index is -0.704. The Kier molecular flexibility index (Phi) is 4.11. The third-order valence-corrected chi connectivity index (χ3v) is 4.95. The first kappa shape index (κ1) is 15.3. The average molecular weight is 361 g/mol. The molecule has 0 saturated carbocycles. The average Bonchev–Trinajstić information content (AvgIpc) is 2.78. The fourth-order valence-electron chi connectivity index (χ4n) is 2.27. The summed E-state index contributed by atoms with van der Waals surface area (Å²) in [4.78, 5) is 15.0. The molecule has 1 aromatic heterocycles. The highest BCUT2D eigenvalue weighted by Gasteiger charge is 2.18. The van der Waals surface area contributed by atoms with Crippen LogP contribution in [0.15, 0.2) is 17.1 Å². The van der Waals surface area contributed by atoms with Gasteiger partial charge in [-0.1, -0.05) is 22.9 Å². The van der Waals surface area contributed by atoms with Crippen LogP contribution in [0.4, 0.5) is 15.8 Å². The Morgan fingerprint density at radius 1 is 1.36 bits per heavy atom. The lowest BCUT2D eigenvalue weighted by atomic mass is 10.2. The number of nitro benzene ring substituents is 1. The van der Waals surface area contributed by atoms with E-state index in [4.69, 9.17) is 23.8 Å². The quantitative estimate of drug-likeness (QED) is 0.464. The Hall–Kier alpha value is -1.58. The van der Waals surface area contributed by atoms with Crippen LogP contribution in [0.1, 0.15) is 12.8 Å². The highest BCUT2D eigenvalue weighted by molar-refractivity contribution is 7.73. The normalized spacial score (nSPS) is 14.9. The van der Waals surface area contributed by atoms with Gasteiger partial charge < -0.3 is 0 Å². The van der Waals surface area contributed by atoms with E-state index in [0.717, 1.165) is 38.1 Å². The Bertz CT molecular complexity index is 886. The number of halogens is 2. The maximum Gasteiger partial charge on any atom is 0.290 e. The molecule has 2 aromatic rings. The van der Waals surface area contributed by atoms with E-state index in [9.17, 15) is 14.5 Å². The van der Waals surface area contributed by atoms with Crippen molar-refractivity contribution in [3.63, 3.8) is 0 Å². The molecular formula is C12H10ClFN4O2S2. The molecule has 1 aliphatic rings. The molecule has 1 aromatic carbocycles. The number of rotatable bonds is 2. The Balaban J connectivity index is 2.19. The number of nitro groups is 1. The molecule has 22 heavy (non-hydrogen) atoms. The predicted octanol–water partition coefficient (Wildman–Crippen LogP) is 3.81. The molecule has 0 fully saturated rings. The van der Waals surface area contributed by atoms with Crippen LogP contribution in [0, 0.1) is 19.9 Å². The molecule has 116 valence electrons. The van der Waals surface area contributed by atoms with Crippen LogP contribution in [0.5, 0.6) is 0 Å². The molecule has 0 unspecified atom stereocenters. The summed E-state index contributed by atoms with van der Waals surface area (Å²) >= 11 is 12.2. The van der Waals surface area contributed by atoms with Crippen LogP contribution in [0.2, 0.25) is 5.02 Å². The summed E-state index contributed by atoms with van der Waals surface area (Å²) < 4.78 is 18.4. The van der Waals surface area contributed by atoms with Crippen molar-refractivity contribution in [2.75, 3.05) is 0 Å². The fraction of sp³-hybridized carbons (Fsp3) is 0.333. The van der Waals surface area contributed by atoms with E-state index in [1.165, 1.54) is 11.3 Å². The summed E-state index contributed by atoms with van der Waals surface area (Å²) in [7, 11) is 0. The van der Waals surface area contributed by atoms with Crippen molar-refractivity contribution in [3.8, 4) is 0 Å². The molecule has 0 amide bonds. The van der Waals surface area contributed by atoms with Crippen LogP contribution in [-0.4, -0.2) is 14.3 Å². The van der Waals surface area contributed by atoms with Gasteiger partial charge in [0.2, 0.25) is 4.80 Å². The minimum Gasteiger partial charge on any atom is -0.264 e. The van der Waals surface area contributed by atoms with Gasteiger partial charge in [0.15, 0.2) is 9.77 Å². The number of fused-ring (bicyclic) bond motifs is 1. The maximum absolute atomic E-state index is 14.0. The van der Waals surface area contributed by atoms with Crippen LogP contribution < -0.4 is 4.80 Å². The van der Waals surface area contributed by atoms with Crippen LogP contribution in [0.25, 0.3) is 0 Å². The molecule has 0 atom stereocenters. The van der Waals surface area contributed by atoms with E-state index >= 15 is 0 Å². The second-order valence-electron chi connectivity index (χ2n) is 4.73. The van der Waals surface area contributed by atoms with E-state index in [1.807, 2.05) is 9.36 Å². The lowest BCUT2D eigenvalue weighted by Crippen LogP contribution is -2.27. The van der Waals surface area contributed by atoms with Gasteiger partial charge >= 0.3 is 0 Å². The number of aromatic nitrogens is 2. The van der Waals surface area contributed by atoms with Gasteiger partial charge in [0.05, 0.1) is 4.92 Å². The molecule has 0 radical (unpaired) electrons. The van der Waals surface area contributed by atoms with Crippen molar-refractivity contribution in [2.24, 2.45) is 4.99 Å². The first-order valence-electron chi connectivity index (χ1n) is 6.46. The van der Waals surface area contributed by atoms with E-state index in [1.54, 1.807) is 0 Å². The zero-order valence-corrected chi connectivity index (χ0v) is 13.5. The minimum absolute atomic E-state index is 0.117. The monoisotopic (exact) mass is 360 g/mol. The summed E-state index contributed by atoms with van der Waals surface area (Å²) in [5, 5.41) is 10.7. The number of benzene rings is 1. The topological polar surface area (TPSA) is 65.4 Å².